The summed E-state index contributed by atoms with van der Waals surface area (Å²) in [6, 6.07) is -1.04. The van der Waals surface area contributed by atoms with Crippen LogP contribution in [0.2, 0.25) is 0 Å². The van der Waals surface area contributed by atoms with Gasteiger partial charge in [0.15, 0.2) is 12.4 Å². The Bertz CT molecular complexity index is 2010. The van der Waals surface area contributed by atoms with Crippen molar-refractivity contribution in [2.75, 3.05) is 13.2 Å². The molecule has 11 nitrogen and oxygen atoms in total. The molecule has 0 aromatic carbocycles. The summed E-state index contributed by atoms with van der Waals surface area (Å²) in [5, 5.41) is 57.3. The maximum Gasteiger partial charge on any atom is 0.306 e. The van der Waals surface area contributed by atoms with Gasteiger partial charge in [0.25, 0.3) is 0 Å². The number of hydrogen-bond acceptors (Lipinski definition) is 10. The Balaban J connectivity index is 2.57. The third kappa shape index (κ3) is 53.1. The Morgan fingerprint density at radius 3 is 1.20 bits per heavy atom. The van der Waals surface area contributed by atoms with E-state index in [0.717, 1.165) is 154 Å². The van der Waals surface area contributed by atoms with E-state index in [-0.39, 0.29) is 19.4 Å². The number of aliphatic hydroxyl groups excluding tert-OH is 5. The van der Waals surface area contributed by atoms with Gasteiger partial charge in [-0.3, -0.25) is 9.59 Å². The summed E-state index contributed by atoms with van der Waals surface area (Å²) in [5.74, 6) is -1.21. The highest BCUT2D eigenvalue weighted by Crippen LogP contribution is 2.26. The number of amides is 1. The van der Waals surface area contributed by atoms with Gasteiger partial charge in [-0.05, 0) is 122 Å². The van der Waals surface area contributed by atoms with Crippen LogP contribution in [0.1, 0.15) is 303 Å². The summed E-state index contributed by atoms with van der Waals surface area (Å²) in [5.41, 5.74) is 0. The van der Waals surface area contributed by atoms with E-state index in [1.165, 1.54) is 103 Å². The number of allylic oxidation sites excluding steroid dienone is 21. The fraction of sp³-hybridized carbons (Fsp3) is 0.704. The van der Waals surface area contributed by atoms with Crippen LogP contribution in [-0.2, 0) is 23.8 Å². The molecule has 1 heterocycles. The smallest absolute Gasteiger partial charge is 0.306 e. The van der Waals surface area contributed by atoms with Gasteiger partial charge in [0.05, 0.1) is 25.4 Å². The number of esters is 1. The van der Waals surface area contributed by atoms with Crippen molar-refractivity contribution in [3.05, 3.63) is 134 Å². The zero-order chi connectivity index (χ0) is 66.7. The van der Waals surface area contributed by atoms with Crippen molar-refractivity contribution in [1.82, 2.24) is 5.32 Å². The van der Waals surface area contributed by atoms with Crippen LogP contribution in [0.5, 0.6) is 0 Å². The molecule has 0 aromatic heterocycles. The summed E-state index contributed by atoms with van der Waals surface area (Å²) in [7, 11) is 0. The van der Waals surface area contributed by atoms with Gasteiger partial charge >= 0.3 is 5.97 Å². The second-order valence-electron chi connectivity index (χ2n) is 25.3. The van der Waals surface area contributed by atoms with Crippen molar-refractivity contribution in [2.45, 2.75) is 352 Å². The first kappa shape index (κ1) is 85.8. The molecule has 0 aliphatic carbocycles. The molecule has 11 heteroatoms. The summed E-state index contributed by atoms with van der Waals surface area (Å²) < 4.78 is 17.7. The molecule has 0 bridgehead atoms. The minimum Gasteiger partial charge on any atom is -0.454 e. The molecule has 92 heavy (non-hydrogen) atoms. The number of carbonyl (C=O) groups excluding carboxylic acids is 2. The van der Waals surface area contributed by atoms with E-state index in [1.807, 2.05) is 6.08 Å². The monoisotopic (exact) mass is 1280 g/mol. The van der Waals surface area contributed by atoms with Crippen LogP contribution in [0.25, 0.3) is 0 Å². The molecule has 1 saturated heterocycles. The Morgan fingerprint density at radius 2 is 0.783 bits per heavy atom. The average Bonchev–Trinajstić information content (AvgIpc) is 0.881. The van der Waals surface area contributed by atoms with Gasteiger partial charge in [-0.15, -0.1) is 0 Å². The van der Waals surface area contributed by atoms with Gasteiger partial charge in [-0.1, -0.05) is 309 Å². The van der Waals surface area contributed by atoms with Gasteiger partial charge in [-0.25, -0.2) is 0 Å². The topological polar surface area (TPSA) is 175 Å². The molecular formula is C81H137NO10. The summed E-state index contributed by atoms with van der Waals surface area (Å²) in [6.45, 7) is 5.66. The Labute approximate surface area is 563 Å². The molecule has 1 rings (SSSR count). The molecule has 1 fully saturated rings. The van der Waals surface area contributed by atoms with Crippen molar-refractivity contribution >= 4 is 11.9 Å². The molecule has 0 radical (unpaired) electrons. The van der Waals surface area contributed by atoms with E-state index in [1.54, 1.807) is 6.08 Å². The number of hydrogen-bond donors (Lipinski definition) is 6. The minimum atomic E-state index is -1.63. The van der Waals surface area contributed by atoms with Crippen molar-refractivity contribution in [3.8, 4) is 0 Å². The lowest BCUT2D eigenvalue weighted by Crippen LogP contribution is -2.61. The van der Waals surface area contributed by atoms with Crippen molar-refractivity contribution in [1.29, 1.82) is 0 Å². The van der Waals surface area contributed by atoms with E-state index < -0.39 is 67.4 Å². The number of ether oxygens (including phenoxy) is 3. The van der Waals surface area contributed by atoms with Crippen LogP contribution in [0.3, 0.4) is 0 Å². The zero-order valence-corrected chi connectivity index (χ0v) is 58.6. The Kier molecular flexibility index (Phi) is 62.3. The standard InChI is InChI=1S/C81H137NO10/c1-4-7-10-13-16-19-22-25-27-29-31-33-35-37-39-40-42-44-46-48-50-53-56-59-62-65-68-74(85)80(89)82-72(73(84)67-64-61-58-55-52-24-21-18-15-12-9-6-3)71-90-81-79(78(88)77(87)75(70-83)91-81)92-76(86)69-66-63-60-57-54-51-49-47-45-43-41-38-36-34-32-30-28-26-23-20-17-14-11-8-5-2/h7,10,16-17,19-20,25-28,31-34,37-39,41-42,44,64,67,72-75,77-79,81,83-85,87-88H,4-6,8-9,11-15,18,21-24,29-30,35-36,40,43,45-63,65-66,68-71H2,1-3H3,(H,82,89)/b10-7-,19-16-,20-17-,27-25-,28-26-,33-31-,34-32-,39-37-,41-38-,44-42-,67-64+. The molecule has 6 N–H and O–H groups in total. The summed E-state index contributed by atoms with van der Waals surface area (Å²) in [4.78, 5) is 26.7. The van der Waals surface area contributed by atoms with Gasteiger partial charge < -0.3 is 45.1 Å². The lowest BCUT2D eigenvalue weighted by atomic mass is 9.99. The minimum absolute atomic E-state index is 0.109. The zero-order valence-electron chi connectivity index (χ0n) is 58.6. The lowest BCUT2D eigenvalue weighted by molar-refractivity contribution is -0.305. The third-order valence-corrected chi connectivity index (χ3v) is 16.8. The predicted octanol–water partition coefficient (Wildman–Crippen LogP) is 19.9. The third-order valence-electron chi connectivity index (χ3n) is 16.8. The molecule has 1 aliphatic heterocycles. The van der Waals surface area contributed by atoms with E-state index in [2.05, 4.69) is 148 Å². The average molecular weight is 1280 g/mol. The number of rotatable bonds is 63. The first-order valence-electron chi connectivity index (χ1n) is 37.5. The first-order valence-corrected chi connectivity index (χ1v) is 37.5. The molecular weight excluding hydrogens is 1150 g/mol. The number of carbonyl (C=O) groups is 2. The predicted molar refractivity (Wildman–Crippen MR) is 388 cm³/mol. The molecule has 8 atom stereocenters. The summed E-state index contributed by atoms with van der Waals surface area (Å²) >= 11 is 0. The quantitative estimate of drug-likeness (QED) is 0.0195. The van der Waals surface area contributed by atoms with Gasteiger partial charge in [0.1, 0.15) is 24.4 Å². The van der Waals surface area contributed by atoms with Gasteiger partial charge in [0.2, 0.25) is 5.91 Å². The highest BCUT2D eigenvalue weighted by atomic mass is 16.7. The van der Waals surface area contributed by atoms with Crippen LogP contribution < -0.4 is 5.32 Å². The van der Waals surface area contributed by atoms with Crippen LogP contribution >= 0.6 is 0 Å². The molecule has 1 aliphatic rings. The molecule has 526 valence electrons. The molecule has 8 unspecified atom stereocenters. The number of unbranched alkanes of at least 4 members (excludes halogenated alkanes) is 29. The molecule has 1 amide bonds. The van der Waals surface area contributed by atoms with Crippen LogP contribution in [0, 0.1) is 0 Å². The highest BCUT2D eigenvalue weighted by Gasteiger charge is 2.47. The van der Waals surface area contributed by atoms with E-state index in [0.29, 0.717) is 12.8 Å². The maximum absolute atomic E-state index is 13.5. The molecule has 0 aromatic rings. The number of nitrogens with one attached hydrogen (secondary N) is 1. The van der Waals surface area contributed by atoms with E-state index in [9.17, 15) is 35.1 Å². The maximum atomic E-state index is 13.5. The molecule has 0 spiro atoms. The lowest BCUT2D eigenvalue weighted by Gasteiger charge is -2.41. The fourth-order valence-electron chi connectivity index (χ4n) is 10.9. The normalized spacial score (nSPS) is 18.7. The number of aliphatic hydroxyl groups is 5. The van der Waals surface area contributed by atoms with Crippen LogP contribution in [-0.4, -0.2) is 99.6 Å². The van der Waals surface area contributed by atoms with Gasteiger partial charge in [0, 0.05) is 6.42 Å². The molecule has 0 saturated carbocycles. The Morgan fingerprint density at radius 1 is 0.435 bits per heavy atom. The fourth-order valence-corrected chi connectivity index (χ4v) is 10.9. The van der Waals surface area contributed by atoms with Crippen LogP contribution in [0.4, 0.5) is 0 Å². The second-order valence-corrected chi connectivity index (χ2v) is 25.3. The van der Waals surface area contributed by atoms with Crippen LogP contribution in [0.15, 0.2) is 134 Å². The van der Waals surface area contributed by atoms with E-state index in [4.69, 9.17) is 14.2 Å². The second kappa shape index (κ2) is 66.8. The summed E-state index contributed by atoms with van der Waals surface area (Å²) in [6.07, 6.45) is 84.8. The van der Waals surface area contributed by atoms with Crippen molar-refractivity contribution in [3.63, 3.8) is 0 Å². The van der Waals surface area contributed by atoms with E-state index >= 15 is 0 Å². The first-order chi connectivity index (χ1) is 45.2. The Hall–Kier alpha value is -4.20. The SMILES string of the molecule is CC/C=C\C/C=C\C/C=C\C/C=C\C/C=C\C/C=C\CCCCCCCCCC(O)C(=O)NC(COC1OC(CO)C(O)C(O)C1OC(=O)CCCCCCCCCCC/C=C\C/C=C\C/C=C\C/C=C\CCCCC)C(O)/C=C/CCCCCCCCCCCC. The van der Waals surface area contributed by atoms with Gasteiger partial charge in [-0.2, -0.15) is 0 Å². The van der Waals surface area contributed by atoms with Crippen molar-refractivity contribution in [2.24, 2.45) is 0 Å². The highest BCUT2D eigenvalue weighted by molar-refractivity contribution is 5.80. The largest absolute Gasteiger partial charge is 0.454 e. The van der Waals surface area contributed by atoms with Crippen molar-refractivity contribution < 1.29 is 49.3 Å².